The van der Waals surface area contributed by atoms with Crippen molar-refractivity contribution in [2.24, 2.45) is 0 Å². The van der Waals surface area contributed by atoms with Crippen LogP contribution in [0.3, 0.4) is 0 Å². The van der Waals surface area contributed by atoms with Crippen LogP contribution in [-0.2, 0) is 4.79 Å². The molecule has 1 aromatic carbocycles. The molecule has 0 bridgehead atoms. The maximum absolute atomic E-state index is 12.1. The molecule has 0 aliphatic heterocycles. The van der Waals surface area contributed by atoms with Crippen LogP contribution in [0.4, 0.5) is 0 Å². The number of amides is 1. The first-order valence-corrected chi connectivity index (χ1v) is 6.61. The van der Waals surface area contributed by atoms with E-state index >= 15 is 0 Å². The van der Waals surface area contributed by atoms with Gasteiger partial charge < -0.3 is 10.4 Å². The average Bonchev–Trinajstić information content (AvgIpc) is 2.78. The zero-order valence-corrected chi connectivity index (χ0v) is 11.1. The maximum atomic E-state index is 12.1. The Morgan fingerprint density at radius 1 is 1.28 bits per heavy atom. The SMILES string of the molecule is Cc1ccc(C(C)NC(=O)C2(O)CCCC2)cc1. The van der Waals surface area contributed by atoms with Crippen LogP contribution in [0.1, 0.15) is 49.8 Å². The third-order valence-electron chi connectivity index (χ3n) is 3.78. The Bertz CT molecular complexity index is 419. The monoisotopic (exact) mass is 247 g/mol. The number of rotatable bonds is 3. The van der Waals surface area contributed by atoms with Crippen molar-refractivity contribution in [3.63, 3.8) is 0 Å². The largest absolute Gasteiger partial charge is 0.380 e. The van der Waals surface area contributed by atoms with Crippen LogP contribution in [0, 0.1) is 6.92 Å². The number of carbonyl (C=O) groups excluding carboxylic acids is 1. The number of hydrogen-bond donors (Lipinski definition) is 2. The molecule has 18 heavy (non-hydrogen) atoms. The van der Waals surface area contributed by atoms with Crippen molar-refractivity contribution in [3.8, 4) is 0 Å². The molecular formula is C15H21NO2. The van der Waals surface area contributed by atoms with Crippen LogP contribution in [0.25, 0.3) is 0 Å². The highest BCUT2D eigenvalue weighted by Crippen LogP contribution is 2.30. The molecule has 3 heteroatoms. The Balaban J connectivity index is 2.00. The summed E-state index contributed by atoms with van der Waals surface area (Å²) in [5.41, 5.74) is 1.13. The van der Waals surface area contributed by atoms with Crippen LogP contribution in [0.5, 0.6) is 0 Å². The number of benzene rings is 1. The molecule has 1 atom stereocenters. The van der Waals surface area contributed by atoms with Crippen molar-refractivity contribution in [1.29, 1.82) is 0 Å². The molecule has 2 N–H and O–H groups in total. The molecule has 98 valence electrons. The van der Waals surface area contributed by atoms with Crippen molar-refractivity contribution in [2.45, 2.75) is 51.2 Å². The highest BCUT2D eigenvalue weighted by molar-refractivity contribution is 5.85. The van der Waals surface area contributed by atoms with E-state index in [0.717, 1.165) is 18.4 Å². The van der Waals surface area contributed by atoms with Crippen LogP contribution in [-0.4, -0.2) is 16.6 Å². The molecule has 1 aliphatic rings. The smallest absolute Gasteiger partial charge is 0.252 e. The Hall–Kier alpha value is -1.35. The second-order valence-corrected chi connectivity index (χ2v) is 5.34. The van der Waals surface area contributed by atoms with Crippen LogP contribution in [0.15, 0.2) is 24.3 Å². The van der Waals surface area contributed by atoms with Crippen LogP contribution in [0.2, 0.25) is 0 Å². The predicted molar refractivity (Wildman–Crippen MR) is 71.2 cm³/mol. The fraction of sp³-hybridized carbons (Fsp3) is 0.533. The van der Waals surface area contributed by atoms with Gasteiger partial charge in [0.2, 0.25) is 0 Å². The highest BCUT2D eigenvalue weighted by Gasteiger charge is 2.39. The number of aryl methyl sites for hydroxylation is 1. The third-order valence-corrected chi connectivity index (χ3v) is 3.78. The van der Waals surface area contributed by atoms with Gasteiger partial charge in [0.05, 0.1) is 6.04 Å². The molecule has 1 aliphatic carbocycles. The van der Waals surface area contributed by atoms with Crippen LogP contribution >= 0.6 is 0 Å². The van der Waals surface area contributed by atoms with Crippen LogP contribution < -0.4 is 5.32 Å². The minimum absolute atomic E-state index is 0.0669. The zero-order chi connectivity index (χ0) is 13.2. The molecule has 1 saturated carbocycles. The van der Waals surface area contributed by atoms with Gasteiger partial charge in [-0.3, -0.25) is 4.79 Å². The van der Waals surface area contributed by atoms with Gasteiger partial charge in [0.1, 0.15) is 5.60 Å². The van der Waals surface area contributed by atoms with Gasteiger partial charge in [-0.15, -0.1) is 0 Å². The van der Waals surface area contributed by atoms with Gasteiger partial charge >= 0.3 is 0 Å². The van der Waals surface area contributed by atoms with E-state index in [1.807, 2.05) is 38.1 Å². The minimum Gasteiger partial charge on any atom is -0.380 e. The summed E-state index contributed by atoms with van der Waals surface area (Å²) in [5.74, 6) is -0.229. The summed E-state index contributed by atoms with van der Waals surface area (Å²) < 4.78 is 0. The van der Waals surface area contributed by atoms with E-state index in [1.165, 1.54) is 5.56 Å². The minimum atomic E-state index is -1.14. The van der Waals surface area contributed by atoms with E-state index < -0.39 is 5.60 Å². The van der Waals surface area contributed by atoms with Crippen molar-refractivity contribution in [3.05, 3.63) is 35.4 Å². The average molecular weight is 247 g/mol. The standard InChI is InChI=1S/C15H21NO2/c1-11-5-7-13(8-6-11)12(2)16-14(17)15(18)9-3-4-10-15/h5-8,12,18H,3-4,9-10H2,1-2H3,(H,16,17). The Morgan fingerprint density at radius 3 is 2.39 bits per heavy atom. The van der Waals surface area contributed by atoms with E-state index in [4.69, 9.17) is 0 Å². The molecule has 1 fully saturated rings. The number of hydrogen-bond acceptors (Lipinski definition) is 2. The lowest BCUT2D eigenvalue weighted by Gasteiger charge is -2.24. The third kappa shape index (κ3) is 2.72. The number of nitrogens with one attached hydrogen (secondary N) is 1. The maximum Gasteiger partial charge on any atom is 0.252 e. The molecule has 0 heterocycles. The summed E-state index contributed by atoms with van der Waals surface area (Å²) in [4.78, 5) is 12.1. The lowest BCUT2D eigenvalue weighted by atomic mass is 10.00. The first kappa shape index (κ1) is 13.1. The Labute approximate surface area is 108 Å². The van der Waals surface area contributed by atoms with Gasteiger partial charge in [-0.1, -0.05) is 29.8 Å². The lowest BCUT2D eigenvalue weighted by molar-refractivity contribution is -0.139. The number of aliphatic hydroxyl groups is 1. The summed E-state index contributed by atoms with van der Waals surface area (Å²) in [6, 6.07) is 8.02. The molecular weight excluding hydrogens is 226 g/mol. The normalized spacial score (nSPS) is 19.5. The highest BCUT2D eigenvalue weighted by atomic mass is 16.3. The molecule has 3 nitrogen and oxygen atoms in total. The Kier molecular flexibility index (Phi) is 3.71. The van der Waals surface area contributed by atoms with Crippen molar-refractivity contribution in [1.82, 2.24) is 5.32 Å². The van der Waals surface area contributed by atoms with E-state index in [9.17, 15) is 9.90 Å². The molecule has 0 aromatic heterocycles. The molecule has 0 saturated heterocycles. The van der Waals surface area contributed by atoms with Crippen molar-refractivity contribution in [2.75, 3.05) is 0 Å². The summed E-state index contributed by atoms with van der Waals surface area (Å²) in [6.07, 6.45) is 3.03. The van der Waals surface area contributed by atoms with Gasteiger partial charge in [0.25, 0.3) is 5.91 Å². The predicted octanol–water partition coefficient (Wildman–Crippen LogP) is 2.48. The van der Waals surface area contributed by atoms with Crippen molar-refractivity contribution >= 4 is 5.91 Å². The molecule has 1 aromatic rings. The zero-order valence-electron chi connectivity index (χ0n) is 11.1. The fourth-order valence-electron chi connectivity index (χ4n) is 2.46. The van der Waals surface area contributed by atoms with Gasteiger partial charge in [-0.05, 0) is 45.1 Å². The molecule has 1 unspecified atom stereocenters. The molecule has 2 rings (SSSR count). The topological polar surface area (TPSA) is 49.3 Å². The number of carbonyl (C=O) groups is 1. The first-order valence-electron chi connectivity index (χ1n) is 6.61. The Morgan fingerprint density at radius 2 is 1.83 bits per heavy atom. The second-order valence-electron chi connectivity index (χ2n) is 5.34. The van der Waals surface area contributed by atoms with E-state index in [2.05, 4.69) is 5.32 Å². The summed E-state index contributed by atoms with van der Waals surface area (Å²) >= 11 is 0. The molecule has 0 spiro atoms. The van der Waals surface area contributed by atoms with Crippen molar-refractivity contribution < 1.29 is 9.90 Å². The summed E-state index contributed by atoms with van der Waals surface area (Å²) in [7, 11) is 0. The van der Waals surface area contributed by atoms with Gasteiger partial charge in [-0.25, -0.2) is 0 Å². The fourth-order valence-corrected chi connectivity index (χ4v) is 2.46. The summed E-state index contributed by atoms with van der Waals surface area (Å²) in [6.45, 7) is 3.98. The van der Waals surface area contributed by atoms with E-state index in [0.29, 0.717) is 12.8 Å². The summed E-state index contributed by atoms with van der Waals surface area (Å²) in [5, 5.41) is 13.1. The van der Waals surface area contributed by atoms with E-state index in [-0.39, 0.29) is 11.9 Å². The second kappa shape index (κ2) is 5.11. The lowest BCUT2D eigenvalue weighted by Crippen LogP contribution is -2.45. The quantitative estimate of drug-likeness (QED) is 0.862. The first-order chi connectivity index (χ1) is 8.51. The van der Waals surface area contributed by atoms with E-state index in [1.54, 1.807) is 0 Å². The molecule has 1 amide bonds. The molecule has 0 radical (unpaired) electrons. The van der Waals surface area contributed by atoms with Gasteiger partial charge in [0.15, 0.2) is 0 Å². The van der Waals surface area contributed by atoms with Gasteiger partial charge in [0, 0.05) is 0 Å². The van der Waals surface area contributed by atoms with Gasteiger partial charge in [-0.2, -0.15) is 0 Å².